The zero-order chi connectivity index (χ0) is 16.3. The molecule has 5 nitrogen and oxygen atoms in total. The van der Waals surface area contributed by atoms with E-state index < -0.39 is 5.41 Å². The lowest BCUT2D eigenvalue weighted by Crippen LogP contribution is -2.44. The third kappa shape index (κ3) is 3.33. The van der Waals surface area contributed by atoms with Crippen molar-refractivity contribution in [2.45, 2.75) is 39.7 Å². The van der Waals surface area contributed by atoms with E-state index in [1.54, 1.807) is 18.2 Å². The van der Waals surface area contributed by atoms with Crippen LogP contribution in [0.15, 0.2) is 18.2 Å². The van der Waals surface area contributed by atoms with Crippen molar-refractivity contribution in [3.8, 4) is 11.8 Å². The summed E-state index contributed by atoms with van der Waals surface area (Å²) in [5.74, 6) is 0.629. The Hall–Kier alpha value is -2.22. The summed E-state index contributed by atoms with van der Waals surface area (Å²) in [7, 11) is 0. The van der Waals surface area contributed by atoms with Crippen molar-refractivity contribution in [2.75, 3.05) is 18.9 Å². The lowest BCUT2D eigenvalue weighted by atomic mass is 9.94. The Kier molecular flexibility index (Phi) is 4.60. The van der Waals surface area contributed by atoms with Crippen LogP contribution in [0.5, 0.6) is 5.75 Å². The molecule has 22 heavy (non-hydrogen) atoms. The van der Waals surface area contributed by atoms with Crippen molar-refractivity contribution in [1.29, 1.82) is 5.26 Å². The molecule has 5 heteroatoms. The third-order valence-corrected chi connectivity index (χ3v) is 3.88. The van der Waals surface area contributed by atoms with E-state index in [2.05, 4.69) is 6.07 Å². The fourth-order valence-corrected chi connectivity index (χ4v) is 2.68. The lowest BCUT2D eigenvalue weighted by molar-refractivity contribution is -0.140. The van der Waals surface area contributed by atoms with Crippen molar-refractivity contribution < 1.29 is 9.53 Å². The third-order valence-electron chi connectivity index (χ3n) is 3.88. The molecular formula is C17H23N3O2. The highest BCUT2D eigenvalue weighted by Gasteiger charge is 2.35. The van der Waals surface area contributed by atoms with Gasteiger partial charge in [-0.15, -0.1) is 0 Å². The fourth-order valence-electron chi connectivity index (χ4n) is 2.68. The number of benzene rings is 1. The van der Waals surface area contributed by atoms with Crippen molar-refractivity contribution in [3.63, 3.8) is 0 Å². The predicted molar refractivity (Wildman–Crippen MR) is 85.3 cm³/mol. The number of nitrogens with zero attached hydrogens (tertiary/aromatic N) is 2. The van der Waals surface area contributed by atoms with Crippen molar-refractivity contribution in [2.24, 2.45) is 5.41 Å². The van der Waals surface area contributed by atoms with Gasteiger partial charge >= 0.3 is 0 Å². The number of nitrogens with two attached hydrogens (primary N) is 1. The van der Waals surface area contributed by atoms with Crippen LogP contribution in [-0.2, 0) is 4.79 Å². The summed E-state index contributed by atoms with van der Waals surface area (Å²) >= 11 is 0. The number of carbonyl (C=O) groups is 1. The van der Waals surface area contributed by atoms with Crippen molar-refractivity contribution in [1.82, 2.24) is 4.90 Å². The Morgan fingerprint density at radius 3 is 2.86 bits per heavy atom. The highest BCUT2D eigenvalue weighted by atomic mass is 16.5. The molecule has 2 N–H and O–H groups in total. The molecule has 2 rings (SSSR count). The Morgan fingerprint density at radius 2 is 2.23 bits per heavy atom. The minimum Gasteiger partial charge on any atom is -0.490 e. The maximum atomic E-state index is 12.5. The summed E-state index contributed by atoms with van der Waals surface area (Å²) in [4.78, 5) is 14.4. The molecule has 1 heterocycles. The van der Waals surface area contributed by atoms with Gasteiger partial charge in [-0.05, 0) is 25.0 Å². The largest absolute Gasteiger partial charge is 0.490 e. The van der Waals surface area contributed by atoms with Crippen LogP contribution >= 0.6 is 0 Å². The zero-order valence-corrected chi connectivity index (χ0v) is 13.4. The molecule has 1 aliphatic rings. The molecule has 0 radical (unpaired) electrons. The second-order valence-corrected chi connectivity index (χ2v) is 6.69. The van der Waals surface area contributed by atoms with Crippen LogP contribution in [0, 0.1) is 16.7 Å². The smallest absolute Gasteiger partial charge is 0.228 e. The molecule has 118 valence electrons. The summed E-state index contributed by atoms with van der Waals surface area (Å²) in [6, 6.07) is 7.30. The average Bonchev–Trinajstić information content (AvgIpc) is 2.91. The maximum Gasteiger partial charge on any atom is 0.228 e. The second-order valence-electron chi connectivity index (χ2n) is 6.69. The second kappa shape index (κ2) is 6.27. The Bertz CT molecular complexity index is 599. The van der Waals surface area contributed by atoms with Crippen LogP contribution in [0.3, 0.4) is 0 Å². The summed E-state index contributed by atoms with van der Waals surface area (Å²) in [6.45, 7) is 6.94. The standard InChI is InChI=1S/C17H23N3O2/c1-17(2,3)16(21)20-9-5-6-12(20)11-22-15-8-4-7-14(19)13(15)10-18/h4,7-8,12H,5-6,9,11,19H2,1-3H3/t12-/m1/s1. The van der Waals surface area contributed by atoms with Gasteiger partial charge in [0.25, 0.3) is 0 Å². The van der Waals surface area contributed by atoms with E-state index in [1.807, 2.05) is 25.7 Å². The number of carbonyl (C=O) groups excluding carboxylic acids is 1. The fraction of sp³-hybridized carbons (Fsp3) is 0.529. The molecule has 0 aliphatic carbocycles. The molecule has 1 atom stereocenters. The van der Waals surface area contributed by atoms with E-state index in [9.17, 15) is 4.79 Å². The Morgan fingerprint density at radius 1 is 1.50 bits per heavy atom. The topological polar surface area (TPSA) is 79.3 Å². The molecule has 1 aliphatic heterocycles. The van der Waals surface area contributed by atoms with Crippen LogP contribution in [0.2, 0.25) is 0 Å². The number of anilines is 1. The van der Waals surface area contributed by atoms with Gasteiger partial charge in [0.2, 0.25) is 5.91 Å². The zero-order valence-electron chi connectivity index (χ0n) is 13.4. The van der Waals surface area contributed by atoms with Gasteiger partial charge in [0.1, 0.15) is 24.0 Å². The first-order valence-corrected chi connectivity index (χ1v) is 7.57. The first kappa shape index (κ1) is 16.2. The van der Waals surface area contributed by atoms with Crippen LogP contribution in [0.1, 0.15) is 39.2 Å². The highest BCUT2D eigenvalue weighted by molar-refractivity contribution is 5.82. The van der Waals surface area contributed by atoms with Crippen LogP contribution in [0.25, 0.3) is 0 Å². The SMILES string of the molecule is CC(C)(C)C(=O)N1CCC[C@@H]1COc1cccc(N)c1C#N. The van der Waals surface area contributed by atoms with Crippen LogP contribution in [0.4, 0.5) is 5.69 Å². The van der Waals surface area contributed by atoms with E-state index in [0.717, 1.165) is 19.4 Å². The summed E-state index contributed by atoms with van der Waals surface area (Å²) in [5, 5.41) is 9.16. The minimum atomic E-state index is -0.391. The van der Waals surface area contributed by atoms with Gasteiger partial charge < -0.3 is 15.4 Å². The van der Waals surface area contributed by atoms with E-state index in [1.165, 1.54) is 0 Å². The maximum absolute atomic E-state index is 12.5. The lowest BCUT2D eigenvalue weighted by Gasteiger charge is -2.31. The Balaban J connectivity index is 2.07. The number of nitriles is 1. The molecular weight excluding hydrogens is 278 g/mol. The van der Waals surface area contributed by atoms with E-state index in [-0.39, 0.29) is 11.9 Å². The van der Waals surface area contributed by atoms with Gasteiger partial charge in [-0.1, -0.05) is 26.8 Å². The quantitative estimate of drug-likeness (QED) is 0.870. The molecule has 1 amide bonds. The minimum absolute atomic E-state index is 0.0553. The molecule has 0 bridgehead atoms. The highest BCUT2D eigenvalue weighted by Crippen LogP contribution is 2.28. The molecule has 1 fully saturated rings. The van der Waals surface area contributed by atoms with Gasteiger partial charge in [0.15, 0.2) is 0 Å². The van der Waals surface area contributed by atoms with Gasteiger partial charge in [0.05, 0.1) is 11.7 Å². The first-order chi connectivity index (χ1) is 10.3. The summed E-state index contributed by atoms with van der Waals surface area (Å²) in [6.07, 6.45) is 1.91. The molecule has 1 aromatic carbocycles. The van der Waals surface area contributed by atoms with Crippen LogP contribution in [-0.4, -0.2) is 30.0 Å². The number of amides is 1. The summed E-state index contributed by atoms with van der Waals surface area (Å²) < 4.78 is 5.79. The molecule has 0 aromatic heterocycles. The number of rotatable bonds is 3. The molecule has 1 saturated heterocycles. The summed E-state index contributed by atoms with van der Waals surface area (Å²) in [5.41, 5.74) is 6.16. The van der Waals surface area contributed by atoms with Gasteiger partial charge in [-0.25, -0.2) is 0 Å². The monoisotopic (exact) mass is 301 g/mol. The molecule has 0 unspecified atom stereocenters. The van der Waals surface area contributed by atoms with E-state index in [4.69, 9.17) is 15.7 Å². The number of nitrogen functional groups attached to an aromatic ring is 1. The first-order valence-electron chi connectivity index (χ1n) is 7.57. The van der Waals surface area contributed by atoms with Gasteiger partial charge in [-0.3, -0.25) is 4.79 Å². The van der Waals surface area contributed by atoms with E-state index in [0.29, 0.717) is 23.6 Å². The number of ether oxygens (including phenoxy) is 1. The normalized spacial score (nSPS) is 18.1. The van der Waals surface area contributed by atoms with Crippen LogP contribution < -0.4 is 10.5 Å². The average molecular weight is 301 g/mol. The predicted octanol–water partition coefficient (Wildman–Crippen LogP) is 2.56. The van der Waals surface area contributed by atoms with Gasteiger partial charge in [-0.2, -0.15) is 5.26 Å². The van der Waals surface area contributed by atoms with E-state index >= 15 is 0 Å². The van der Waals surface area contributed by atoms with Crippen molar-refractivity contribution in [3.05, 3.63) is 23.8 Å². The van der Waals surface area contributed by atoms with Gasteiger partial charge in [0, 0.05) is 12.0 Å². The molecule has 0 spiro atoms. The number of hydrogen-bond acceptors (Lipinski definition) is 4. The molecule has 0 saturated carbocycles. The van der Waals surface area contributed by atoms with Crippen molar-refractivity contribution >= 4 is 11.6 Å². The Labute approximate surface area is 131 Å². The number of likely N-dealkylation sites (tertiary alicyclic amines) is 1. The number of hydrogen-bond donors (Lipinski definition) is 1. The molecule has 1 aromatic rings.